The first-order chi connectivity index (χ1) is 23.5. The van der Waals surface area contributed by atoms with Crippen molar-refractivity contribution in [1.82, 2.24) is 14.5 Å². The largest absolute Gasteiger partial charge is 2.00 e. The van der Waals surface area contributed by atoms with Crippen molar-refractivity contribution in [3.05, 3.63) is 94.2 Å². The summed E-state index contributed by atoms with van der Waals surface area (Å²) in [7, 11) is 0. The van der Waals surface area contributed by atoms with Gasteiger partial charge in [-0.3, -0.25) is 0 Å². The van der Waals surface area contributed by atoms with Crippen LogP contribution in [0.2, 0.25) is 0 Å². The fourth-order valence-corrected chi connectivity index (χ4v) is 9.46. The van der Waals surface area contributed by atoms with E-state index in [1.807, 2.05) is 12.3 Å². The zero-order chi connectivity index (χ0) is 35.5. The van der Waals surface area contributed by atoms with Crippen LogP contribution in [0.4, 0.5) is 0 Å². The Morgan fingerprint density at radius 3 is 2.25 bits per heavy atom. The number of hydrogen-bond donors (Lipinski definition) is 0. The number of nitrogens with zero attached hydrogens (tertiary/aromatic N) is 4. The van der Waals surface area contributed by atoms with Gasteiger partial charge in [0.25, 0.3) is 0 Å². The first-order valence-corrected chi connectivity index (χ1v) is 18.6. The van der Waals surface area contributed by atoms with Crippen LogP contribution in [0, 0.1) is 38.3 Å². The standard InChI is InChI=1S/C45H52N4O.Pt/c1-27-20-30(40-47-45(11,42(4,5)6)44(9,10)49(40)31-16-13-12-14-17-31)25-32(21-27)50-38-26-37-33(24-29(38)3)34-22-28(2)23-36-39(34)48(37)41-35(43(36,7)8)18-15-19-46-41;/h15,18-24,31H,12-14,16-17H2,1-11H3;/q-2;+2/t45-;/m1./s1. The zero-order valence-corrected chi connectivity index (χ0v) is 34.5. The van der Waals surface area contributed by atoms with Gasteiger partial charge in [-0.2, -0.15) is 6.07 Å². The molecule has 5 nitrogen and oxygen atoms in total. The van der Waals surface area contributed by atoms with E-state index in [9.17, 15) is 0 Å². The third kappa shape index (κ3) is 5.26. The van der Waals surface area contributed by atoms with E-state index in [4.69, 9.17) is 14.7 Å². The molecule has 268 valence electrons. The van der Waals surface area contributed by atoms with Gasteiger partial charge < -0.3 is 19.2 Å². The van der Waals surface area contributed by atoms with Crippen LogP contribution in [0.3, 0.4) is 0 Å². The summed E-state index contributed by atoms with van der Waals surface area (Å²) in [4.78, 5) is 13.3. The minimum absolute atomic E-state index is 0. The molecule has 4 heterocycles. The predicted molar refractivity (Wildman–Crippen MR) is 206 cm³/mol. The topological polar surface area (TPSA) is 42.6 Å². The number of amidine groups is 1. The molecule has 0 saturated heterocycles. The Morgan fingerprint density at radius 2 is 1.55 bits per heavy atom. The van der Waals surface area contributed by atoms with Gasteiger partial charge in [0.05, 0.1) is 11.1 Å². The van der Waals surface area contributed by atoms with E-state index >= 15 is 0 Å². The molecule has 51 heavy (non-hydrogen) atoms. The molecule has 2 aliphatic heterocycles. The molecule has 0 amide bonds. The van der Waals surface area contributed by atoms with Crippen molar-refractivity contribution >= 4 is 27.6 Å². The summed E-state index contributed by atoms with van der Waals surface area (Å²) >= 11 is 0. The molecule has 0 radical (unpaired) electrons. The van der Waals surface area contributed by atoms with E-state index in [0.717, 1.165) is 33.9 Å². The molecule has 1 aliphatic carbocycles. The molecule has 0 N–H and O–H groups in total. The van der Waals surface area contributed by atoms with Crippen molar-refractivity contribution in [2.24, 2.45) is 10.4 Å². The maximum atomic E-state index is 6.83. The summed E-state index contributed by atoms with van der Waals surface area (Å²) in [5.41, 5.74) is 8.53. The zero-order valence-electron chi connectivity index (χ0n) is 32.2. The van der Waals surface area contributed by atoms with E-state index in [-0.39, 0.29) is 43.0 Å². The van der Waals surface area contributed by atoms with E-state index in [2.05, 4.69) is 134 Å². The van der Waals surface area contributed by atoms with Gasteiger partial charge in [-0.15, -0.1) is 34.2 Å². The molecule has 1 fully saturated rings. The number of ether oxygens (including phenoxy) is 1. The number of pyridine rings is 1. The second-order valence-corrected chi connectivity index (χ2v) is 17.6. The van der Waals surface area contributed by atoms with Crippen LogP contribution < -0.4 is 4.74 Å². The molecule has 0 bridgehead atoms. The average Bonchev–Trinajstić information content (AvgIpc) is 3.47. The van der Waals surface area contributed by atoms with Gasteiger partial charge in [0.15, 0.2) is 0 Å². The fourth-order valence-electron chi connectivity index (χ4n) is 9.46. The van der Waals surface area contributed by atoms with E-state index in [1.54, 1.807) is 0 Å². The number of aryl methyl sites for hydroxylation is 3. The van der Waals surface area contributed by atoms with Crippen LogP contribution in [0.5, 0.6) is 11.5 Å². The number of aromatic nitrogens is 2. The summed E-state index contributed by atoms with van der Waals surface area (Å²) in [6.07, 6.45) is 8.18. The van der Waals surface area contributed by atoms with Crippen LogP contribution in [0.25, 0.3) is 27.6 Å². The van der Waals surface area contributed by atoms with Crippen LogP contribution in [0.1, 0.15) is 121 Å². The SMILES string of the molecule is Cc1cc(Oc2[c-]c3c(cc2C)c2cc(C)cc4c2n3-c2ncccc2C4(C)C)[c-]c(C2=N[C@](C)(C(C)(C)C)C(C)(C)N2C2CCCCC2)c1.[Pt+2]. The van der Waals surface area contributed by atoms with Crippen LogP contribution in [0.15, 0.2) is 53.7 Å². The third-order valence-corrected chi connectivity index (χ3v) is 12.7. The molecule has 1 atom stereocenters. The molecule has 0 spiro atoms. The summed E-state index contributed by atoms with van der Waals surface area (Å²) in [6, 6.07) is 23.5. The first-order valence-electron chi connectivity index (χ1n) is 18.6. The number of aliphatic imine (C=N–C) groups is 1. The molecule has 3 aromatic carbocycles. The van der Waals surface area contributed by atoms with Gasteiger partial charge in [0, 0.05) is 46.1 Å². The van der Waals surface area contributed by atoms with Crippen LogP contribution in [-0.2, 0) is 26.5 Å². The maximum absolute atomic E-state index is 6.83. The molecule has 3 aliphatic rings. The third-order valence-electron chi connectivity index (χ3n) is 12.7. The smallest absolute Gasteiger partial charge is 0.503 e. The number of benzene rings is 3. The normalized spacial score (nSPS) is 21.1. The van der Waals surface area contributed by atoms with Crippen molar-refractivity contribution < 1.29 is 25.8 Å². The van der Waals surface area contributed by atoms with Crippen molar-refractivity contribution in [1.29, 1.82) is 0 Å². The second kappa shape index (κ2) is 12.1. The Hall–Kier alpha value is -3.43. The van der Waals surface area contributed by atoms with Crippen LogP contribution >= 0.6 is 0 Å². The second-order valence-electron chi connectivity index (χ2n) is 17.6. The summed E-state index contributed by atoms with van der Waals surface area (Å²) < 4.78 is 9.14. The van der Waals surface area contributed by atoms with Gasteiger partial charge in [-0.05, 0) is 63.0 Å². The van der Waals surface area contributed by atoms with Gasteiger partial charge >= 0.3 is 21.1 Å². The van der Waals surface area contributed by atoms with Gasteiger partial charge in [-0.1, -0.05) is 109 Å². The van der Waals surface area contributed by atoms with Crippen molar-refractivity contribution in [2.45, 2.75) is 131 Å². The van der Waals surface area contributed by atoms with Crippen molar-refractivity contribution in [2.75, 3.05) is 0 Å². The fraction of sp³-hybridized carbons (Fsp3) is 0.467. The maximum Gasteiger partial charge on any atom is 2.00 e. The summed E-state index contributed by atoms with van der Waals surface area (Å²) in [5, 5.41) is 2.41. The van der Waals surface area contributed by atoms with E-state index in [0.29, 0.717) is 17.5 Å². The number of rotatable bonds is 4. The minimum Gasteiger partial charge on any atom is -0.503 e. The summed E-state index contributed by atoms with van der Waals surface area (Å²) in [5.74, 6) is 3.43. The Bertz CT molecular complexity index is 2230. The molecule has 2 aromatic heterocycles. The monoisotopic (exact) mass is 859 g/mol. The molecule has 0 unspecified atom stereocenters. The average molecular weight is 860 g/mol. The number of fused-ring (bicyclic) bond motifs is 5. The van der Waals surface area contributed by atoms with E-state index in [1.165, 1.54) is 65.1 Å². The minimum atomic E-state index is -0.282. The van der Waals surface area contributed by atoms with Gasteiger partial charge in [0.1, 0.15) is 5.82 Å². The van der Waals surface area contributed by atoms with Gasteiger partial charge in [0.2, 0.25) is 0 Å². The Morgan fingerprint density at radius 1 is 0.843 bits per heavy atom. The Kier molecular flexibility index (Phi) is 8.50. The van der Waals surface area contributed by atoms with Gasteiger partial charge in [-0.25, -0.2) is 4.98 Å². The molecule has 6 heteroatoms. The quantitative estimate of drug-likeness (QED) is 0.169. The van der Waals surface area contributed by atoms with Crippen molar-refractivity contribution in [3.63, 3.8) is 0 Å². The summed E-state index contributed by atoms with van der Waals surface area (Å²) in [6.45, 7) is 25.3. The molecule has 1 saturated carbocycles. The predicted octanol–water partition coefficient (Wildman–Crippen LogP) is 11.1. The molecular weight excluding hydrogens is 808 g/mol. The molecular formula is C45H52N4OPt. The molecule has 5 aromatic rings. The Balaban J connectivity index is 0.00000406. The number of hydrogen-bond acceptors (Lipinski definition) is 4. The van der Waals surface area contributed by atoms with Crippen molar-refractivity contribution in [3.8, 4) is 17.3 Å². The van der Waals surface area contributed by atoms with E-state index < -0.39 is 0 Å². The molecule has 8 rings (SSSR count). The first kappa shape index (κ1) is 35.9. The van der Waals surface area contributed by atoms with Crippen LogP contribution in [-0.4, -0.2) is 37.4 Å². The Labute approximate surface area is 319 Å².